The number of carboxylic acids is 1. The van der Waals surface area contributed by atoms with E-state index in [2.05, 4.69) is 15.5 Å². The zero-order valence-electron chi connectivity index (χ0n) is 11.7. The largest absolute Gasteiger partial charge is 0.481 e. The summed E-state index contributed by atoms with van der Waals surface area (Å²) in [5.74, 6) is -0.253. The highest BCUT2D eigenvalue weighted by atomic mass is 16.4. The predicted molar refractivity (Wildman–Crippen MR) is 73.5 cm³/mol. The van der Waals surface area contributed by atoms with Crippen LogP contribution in [0.5, 0.6) is 0 Å². The molecule has 1 aromatic heterocycles. The predicted octanol–water partition coefficient (Wildman–Crippen LogP) is 2.10. The normalized spacial score (nSPS) is 13.9. The molecule has 106 valence electrons. The number of nitrogens with zero attached hydrogens (tertiary/aromatic N) is 4. The Labute approximate surface area is 117 Å². The van der Waals surface area contributed by atoms with Crippen molar-refractivity contribution in [1.82, 2.24) is 20.2 Å². The highest BCUT2D eigenvalue weighted by Crippen LogP contribution is 2.28. The van der Waals surface area contributed by atoms with Gasteiger partial charge in [-0.3, -0.25) is 4.79 Å². The van der Waals surface area contributed by atoms with Crippen molar-refractivity contribution in [3.05, 3.63) is 36.2 Å². The van der Waals surface area contributed by atoms with Crippen LogP contribution in [0.25, 0.3) is 5.69 Å². The first-order chi connectivity index (χ1) is 9.57. The van der Waals surface area contributed by atoms with Gasteiger partial charge in [-0.1, -0.05) is 31.5 Å². The zero-order chi connectivity index (χ0) is 14.6. The van der Waals surface area contributed by atoms with Crippen LogP contribution in [0.1, 0.15) is 32.5 Å². The molecule has 0 saturated heterocycles. The standard InChI is InChI=1S/C14H18N4O2/c1-3-9-14(2,13(19)20)10-12-15-16-17-18(12)11-7-5-4-6-8-11/h4-8H,3,9-10H2,1-2H3,(H,19,20). The number of rotatable bonds is 6. The van der Waals surface area contributed by atoms with Crippen molar-refractivity contribution >= 4 is 5.97 Å². The minimum absolute atomic E-state index is 0.304. The van der Waals surface area contributed by atoms with Crippen LogP contribution in [0.4, 0.5) is 0 Å². The molecule has 1 aromatic carbocycles. The first-order valence-corrected chi connectivity index (χ1v) is 6.63. The summed E-state index contributed by atoms with van der Waals surface area (Å²) in [6, 6.07) is 9.47. The number of para-hydroxylation sites is 1. The summed E-state index contributed by atoms with van der Waals surface area (Å²) >= 11 is 0. The number of tetrazole rings is 1. The molecule has 20 heavy (non-hydrogen) atoms. The SMILES string of the molecule is CCCC(C)(Cc1nnnn1-c1ccccc1)C(=O)O. The molecule has 6 nitrogen and oxygen atoms in total. The Morgan fingerprint density at radius 3 is 2.65 bits per heavy atom. The van der Waals surface area contributed by atoms with Gasteiger partial charge in [-0.05, 0) is 35.9 Å². The summed E-state index contributed by atoms with van der Waals surface area (Å²) in [6.45, 7) is 3.71. The molecule has 0 saturated carbocycles. The molecule has 0 fully saturated rings. The fourth-order valence-electron chi connectivity index (χ4n) is 2.26. The zero-order valence-corrected chi connectivity index (χ0v) is 11.7. The van der Waals surface area contributed by atoms with E-state index < -0.39 is 11.4 Å². The second kappa shape index (κ2) is 5.81. The van der Waals surface area contributed by atoms with Crippen LogP contribution < -0.4 is 0 Å². The Morgan fingerprint density at radius 1 is 1.35 bits per heavy atom. The topological polar surface area (TPSA) is 80.9 Å². The molecule has 1 atom stereocenters. The third-order valence-corrected chi connectivity index (χ3v) is 3.40. The maximum atomic E-state index is 11.5. The van der Waals surface area contributed by atoms with Gasteiger partial charge in [0.15, 0.2) is 5.82 Å². The van der Waals surface area contributed by atoms with Crippen molar-refractivity contribution in [3.8, 4) is 5.69 Å². The van der Waals surface area contributed by atoms with E-state index >= 15 is 0 Å². The fourth-order valence-corrected chi connectivity index (χ4v) is 2.26. The number of aromatic nitrogens is 4. The second-order valence-electron chi connectivity index (χ2n) is 5.14. The number of aliphatic carboxylic acids is 1. The quantitative estimate of drug-likeness (QED) is 0.872. The van der Waals surface area contributed by atoms with Gasteiger partial charge < -0.3 is 5.11 Å². The van der Waals surface area contributed by atoms with Crippen molar-refractivity contribution in [2.24, 2.45) is 5.41 Å². The lowest BCUT2D eigenvalue weighted by Crippen LogP contribution is -2.31. The number of carbonyl (C=O) groups is 1. The minimum atomic E-state index is -0.851. The van der Waals surface area contributed by atoms with E-state index in [0.29, 0.717) is 18.7 Å². The summed E-state index contributed by atoms with van der Waals surface area (Å²) in [7, 11) is 0. The lowest BCUT2D eigenvalue weighted by atomic mass is 9.82. The molecule has 6 heteroatoms. The minimum Gasteiger partial charge on any atom is -0.481 e. The van der Waals surface area contributed by atoms with E-state index in [1.54, 1.807) is 11.6 Å². The van der Waals surface area contributed by atoms with Crippen molar-refractivity contribution < 1.29 is 9.90 Å². The van der Waals surface area contributed by atoms with E-state index in [0.717, 1.165) is 12.1 Å². The van der Waals surface area contributed by atoms with Gasteiger partial charge in [-0.15, -0.1) is 5.10 Å². The van der Waals surface area contributed by atoms with Gasteiger partial charge in [0, 0.05) is 6.42 Å². The van der Waals surface area contributed by atoms with Crippen molar-refractivity contribution in [2.45, 2.75) is 33.1 Å². The van der Waals surface area contributed by atoms with E-state index in [9.17, 15) is 9.90 Å². The summed E-state index contributed by atoms with van der Waals surface area (Å²) < 4.78 is 1.59. The lowest BCUT2D eigenvalue weighted by Gasteiger charge is -2.23. The van der Waals surface area contributed by atoms with Crippen molar-refractivity contribution in [2.75, 3.05) is 0 Å². The summed E-state index contributed by atoms with van der Waals surface area (Å²) in [6.07, 6.45) is 1.69. The Morgan fingerprint density at radius 2 is 2.05 bits per heavy atom. The van der Waals surface area contributed by atoms with Crippen LogP contribution in [-0.4, -0.2) is 31.3 Å². The molecule has 1 N–H and O–H groups in total. The van der Waals surface area contributed by atoms with Crippen molar-refractivity contribution in [1.29, 1.82) is 0 Å². The molecule has 0 radical (unpaired) electrons. The van der Waals surface area contributed by atoms with Crippen LogP contribution in [-0.2, 0) is 11.2 Å². The van der Waals surface area contributed by atoms with Crippen LogP contribution in [0.3, 0.4) is 0 Å². The van der Waals surface area contributed by atoms with Gasteiger partial charge in [0.2, 0.25) is 0 Å². The van der Waals surface area contributed by atoms with Crippen LogP contribution in [0, 0.1) is 5.41 Å². The van der Waals surface area contributed by atoms with E-state index in [4.69, 9.17) is 0 Å². The Bertz CT molecular complexity index is 582. The van der Waals surface area contributed by atoms with Crippen LogP contribution in [0.15, 0.2) is 30.3 Å². The molecule has 0 aliphatic carbocycles. The number of carboxylic acid groups (broad SMARTS) is 1. The first-order valence-electron chi connectivity index (χ1n) is 6.63. The Hall–Kier alpha value is -2.24. The Balaban J connectivity index is 2.31. The smallest absolute Gasteiger partial charge is 0.309 e. The molecule has 0 aliphatic rings. The number of hydrogen-bond acceptors (Lipinski definition) is 4. The maximum absolute atomic E-state index is 11.5. The fraction of sp³-hybridized carbons (Fsp3) is 0.429. The molecule has 2 aromatic rings. The molecule has 0 amide bonds. The van der Waals surface area contributed by atoms with Gasteiger partial charge in [0.05, 0.1) is 11.1 Å². The molecule has 0 spiro atoms. The lowest BCUT2D eigenvalue weighted by molar-refractivity contribution is -0.148. The first kappa shape index (κ1) is 14.2. The summed E-state index contributed by atoms with van der Waals surface area (Å²) in [5.41, 5.74) is -0.0209. The third-order valence-electron chi connectivity index (χ3n) is 3.40. The third kappa shape index (κ3) is 2.84. The summed E-state index contributed by atoms with van der Waals surface area (Å²) in [4.78, 5) is 11.5. The maximum Gasteiger partial charge on any atom is 0.309 e. The monoisotopic (exact) mass is 274 g/mol. The van der Waals surface area contributed by atoms with E-state index in [-0.39, 0.29) is 0 Å². The highest BCUT2D eigenvalue weighted by Gasteiger charge is 2.34. The molecule has 2 rings (SSSR count). The van der Waals surface area contributed by atoms with Gasteiger partial charge in [-0.2, -0.15) is 4.68 Å². The van der Waals surface area contributed by atoms with Gasteiger partial charge >= 0.3 is 5.97 Å². The van der Waals surface area contributed by atoms with Gasteiger partial charge in [-0.25, -0.2) is 0 Å². The van der Waals surface area contributed by atoms with Crippen LogP contribution >= 0.6 is 0 Å². The second-order valence-corrected chi connectivity index (χ2v) is 5.14. The van der Waals surface area contributed by atoms with Gasteiger partial charge in [0.25, 0.3) is 0 Å². The van der Waals surface area contributed by atoms with Crippen LogP contribution in [0.2, 0.25) is 0 Å². The molecule has 1 unspecified atom stereocenters. The molecule has 1 heterocycles. The molecular weight excluding hydrogens is 256 g/mol. The Kier molecular flexibility index (Phi) is 4.12. The molecular formula is C14H18N4O2. The van der Waals surface area contributed by atoms with Crippen molar-refractivity contribution in [3.63, 3.8) is 0 Å². The van der Waals surface area contributed by atoms with E-state index in [1.165, 1.54) is 0 Å². The summed E-state index contributed by atoms with van der Waals surface area (Å²) in [5, 5.41) is 21.1. The van der Waals surface area contributed by atoms with Gasteiger partial charge in [0.1, 0.15) is 0 Å². The molecule has 0 aliphatic heterocycles. The average Bonchev–Trinajstić information content (AvgIpc) is 2.87. The number of benzene rings is 1. The van der Waals surface area contributed by atoms with E-state index in [1.807, 2.05) is 37.3 Å². The average molecular weight is 274 g/mol. The molecule has 0 bridgehead atoms. The highest BCUT2D eigenvalue weighted by molar-refractivity contribution is 5.74. The number of hydrogen-bond donors (Lipinski definition) is 1.